The highest BCUT2D eigenvalue weighted by molar-refractivity contribution is 7.99. The predicted molar refractivity (Wildman–Crippen MR) is 81.7 cm³/mol. The second kappa shape index (κ2) is 7.70. The van der Waals surface area contributed by atoms with Crippen LogP contribution in [0.5, 0.6) is 5.75 Å². The van der Waals surface area contributed by atoms with Crippen molar-refractivity contribution in [3.05, 3.63) is 29.3 Å². The van der Waals surface area contributed by atoms with Gasteiger partial charge in [-0.3, -0.25) is 0 Å². The minimum absolute atomic E-state index is 0.346. The molecule has 0 spiro atoms. The van der Waals surface area contributed by atoms with E-state index in [4.69, 9.17) is 4.74 Å². The van der Waals surface area contributed by atoms with E-state index in [1.54, 1.807) is 7.11 Å². The number of thioether (sulfide) groups is 1. The van der Waals surface area contributed by atoms with Crippen molar-refractivity contribution in [2.45, 2.75) is 38.5 Å². The van der Waals surface area contributed by atoms with Gasteiger partial charge in [0.2, 0.25) is 0 Å². The molecule has 0 saturated carbocycles. The van der Waals surface area contributed by atoms with Crippen LogP contribution in [0.1, 0.15) is 37.4 Å². The molecule has 2 atom stereocenters. The van der Waals surface area contributed by atoms with Gasteiger partial charge >= 0.3 is 0 Å². The number of methoxy groups -OCH3 is 1. The number of hydrogen-bond acceptors (Lipinski definition) is 3. The summed E-state index contributed by atoms with van der Waals surface area (Å²) in [5.41, 5.74) is 2.54. The first kappa shape index (κ1) is 15.4. The van der Waals surface area contributed by atoms with Crippen molar-refractivity contribution in [2.75, 3.05) is 19.9 Å². The average Bonchev–Trinajstić information content (AvgIpc) is 2.39. The third-order valence-corrected chi connectivity index (χ3v) is 4.66. The molecular formula is C15H25NOS. The Bertz CT molecular complexity index is 368. The monoisotopic (exact) mass is 267 g/mol. The standard InChI is InChI=1S/C15H25NOS/c1-6-12(3)18-10-14(16-4)13-9-11(2)7-8-15(13)17-5/h7-9,12,14,16H,6,10H2,1-5H3. The molecule has 1 aromatic carbocycles. The maximum absolute atomic E-state index is 5.47. The zero-order chi connectivity index (χ0) is 13.5. The van der Waals surface area contributed by atoms with Crippen molar-refractivity contribution in [1.82, 2.24) is 5.32 Å². The smallest absolute Gasteiger partial charge is 0.123 e. The summed E-state index contributed by atoms with van der Waals surface area (Å²) >= 11 is 2.01. The first-order valence-corrected chi connectivity index (χ1v) is 7.60. The zero-order valence-electron chi connectivity index (χ0n) is 12.1. The van der Waals surface area contributed by atoms with Crippen LogP contribution in [0.3, 0.4) is 0 Å². The van der Waals surface area contributed by atoms with E-state index in [0.717, 1.165) is 11.5 Å². The van der Waals surface area contributed by atoms with Gasteiger partial charge in [0.25, 0.3) is 0 Å². The Morgan fingerprint density at radius 3 is 2.67 bits per heavy atom. The summed E-state index contributed by atoms with van der Waals surface area (Å²) in [5, 5.41) is 4.10. The van der Waals surface area contributed by atoms with E-state index >= 15 is 0 Å². The molecule has 1 N–H and O–H groups in total. The summed E-state index contributed by atoms with van der Waals surface area (Å²) in [6.45, 7) is 6.64. The fraction of sp³-hybridized carbons (Fsp3) is 0.600. The number of benzene rings is 1. The van der Waals surface area contributed by atoms with Crippen molar-refractivity contribution < 1.29 is 4.74 Å². The van der Waals surface area contributed by atoms with Gasteiger partial charge in [-0.05, 0) is 26.5 Å². The highest BCUT2D eigenvalue weighted by Crippen LogP contribution is 2.29. The second-order valence-corrected chi connectivity index (χ2v) is 6.11. The van der Waals surface area contributed by atoms with Crippen LogP contribution in [0.25, 0.3) is 0 Å². The Hall–Kier alpha value is -0.670. The van der Waals surface area contributed by atoms with Gasteiger partial charge in [0.1, 0.15) is 5.75 Å². The lowest BCUT2D eigenvalue weighted by Crippen LogP contribution is -2.20. The first-order valence-electron chi connectivity index (χ1n) is 6.55. The van der Waals surface area contributed by atoms with Crippen LogP contribution in [0.2, 0.25) is 0 Å². The molecule has 1 rings (SSSR count). The van der Waals surface area contributed by atoms with Gasteiger partial charge in [0.05, 0.1) is 7.11 Å². The fourth-order valence-corrected chi connectivity index (χ4v) is 2.94. The number of ether oxygens (including phenoxy) is 1. The predicted octanol–water partition coefficient (Wildman–Crippen LogP) is 3.80. The van der Waals surface area contributed by atoms with Gasteiger partial charge in [-0.15, -0.1) is 0 Å². The van der Waals surface area contributed by atoms with Gasteiger partial charge in [0.15, 0.2) is 0 Å². The summed E-state index contributed by atoms with van der Waals surface area (Å²) in [5.74, 6) is 2.05. The maximum Gasteiger partial charge on any atom is 0.123 e. The van der Waals surface area contributed by atoms with E-state index in [-0.39, 0.29) is 0 Å². The molecule has 0 amide bonds. The van der Waals surface area contributed by atoms with E-state index in [1.807, 2.05) is 18.8 Å². The lowest BCUT2D eigenvalue weighted by molar-refractivity contribution is 0.404. The van der Waals surface area contributed by atoms with Crippen LogP contribution >= 0.6 is 11.8 Å². The molecule has 0 aliphatic heterocycles. The lowest BCUT2D eigenvalue weighted by atomic mass is 10.0. The molecule has 0 heterocycles. The van der Waals surface area contributed by atoms with Crippen molar-refractivity contribution in [3.8, 4) is 5.75 Å². The SMILES string of the molecule is CCC(C)SCC(NC)c1cc(C)ccc1OC. The maximum atomic E-state index is 5.47. The molecule has 3 heteroatoms. The number of nitrogens with one attached hydrogen (secondary N) is 1. The van der Waals surface area contributed by atoms with Crippen LogP contribution in [-0.2, 0) is 0 Å². The molecular weight excluding hydrogens is 242 g/mol. The Labute approximate surface area is 116 Å². The molecule has 2 unspecified atom stereocenters. The molecule has 0 radical (unpaired) electrons. The van der Waals surface area contributed by atoms with Crippen molar-refractivity contribution in [3.63, 3.8) is 0 Å². The number of rotatable bonds is 7. The van der Waals surface area contributed by atoms with Gasteiger partial charge < -0.3 is 10.1 Å². The summed E-state index contributed by atoms with van der Waals surface area (Å²) in [4.78, 5) is 0. The minimum Gasteiger partial charge on any atom is -0.496 e. The van der Waals surface area contributed by atoms with E-state index in [9.17, 15) is 0 Å². The first-order chi connectivity index (χ1) is 8.62. The molecule has 0 aromatic heterocycles. The Balaban J connectivity index is 2.83. The summed E-state index contributed by atoms with van der Waals surface area (Å²) in [6, 6.07) is 6.72. The van der Waals surface area contributed by atoms with Crippen molar-refractivity contribution in [1.29, 1.82) is 0 Å². The molecule has 0 bridgehead atoms. The normalized spacial score (nSPS) is 14.3. The minimum atomic E-state index is 0.346. The van der Waals surface area contributed by atoms with E-state index in [1.165, 1.54) is 17.5 Å². The van der Waals surface area contributed by atoms with Gasteiger partial charge in [-0.1, -0.05) is 31.5 Å². The third-order valence-electron chi connectivity index (χ3n) is 3.23. The summed E-state index contributed by atoms with van der Waals surface area (Å²) < 4.78 is 5.47. The van der Waals surface area contributed by atoms with E-state index in [2.05, 4.69) is 44.3 Å². The molecule has 2 nitrogen and oxygen atoms in total. The molecule has 1 aromatic rings. The topological polar surface area (TPSA) is 21.3 Å². The van der Waals surface area contributed by atoms with E-state index < -0.39 is 0 Å². The van der Waals surface area contributed by atoms with Crippen LogP contribution in [0, 0.1) is 6.92 Å². The summed E-state index contributed by atoms with van der Waals surface area (Å²) in [7, 11) is 3.76. The summed E-state index contributed by atoms with van der Waals surface area (Å²) in [6.07, 6.45) is 1.21. The highest BCUT2D eigenvalue weighted by Gasteiger charge is 2.15. The van der Waals surface area contributed by atoms with E-state index in [0.29, 0.717) is 11.3 Å². The molecule has 0 aliphatic carbocycles. The molecule has 102 valence electrons. The third kappa shape index (κ3) is 4.21. The molecule has 0 aliphatic rings. The second-order valence-electron chi connectivity index (χ2n) is 4.64. The highest BCUT2D eigenvalue weighted by atomic mass is 32.2. The van der Waals surface area contributed by atoms with Crippen LogP contribution in [0.15, 0.2) is 18.2 Å². The van der Waals surface area contributed by atoms with Gasteiger partial charge in [-0.25, -0.2) is 0 Å². The molecule has 0 saturated heterocycles. The van der Waals surface area contributed by atoms with Crippen molar-refractivity contribution in [2.24, 2.45) is 0 Å². The largest absolute Gasteiger partial charge is 0.496 e. The Morgan fingerprint density at radius 1 is 1.39 bits per heavy atom. The van der Waals surface area contributed by atoms with Gasteiger partial charge in [0, 0.05) is 22.6 Å². The van der Waals surface area contributed by atoms with Crippen LogP contribution in [-0.4, -0.2) is 25.2 Å². The molecule has 18 heavy (non-hydrogen) atoms. The Morgan fingerprint density at radius 2 is 2.11 bits per heavy atom. The number of hydrogen-bond donors (Lipinski definition) is 1. The number of aryl methyl sites for hydroxylation is 1. The quantitative estimate of drug-likeness (QED) is 0.812. The zero-order valence-corrected chi connectivity index (χ0v) is 12.9. The Kier molecular flexibility index (Phi) is 6.58. The lowest BCUT2D eigenvalue weighted by Gasteiger charge is -2.21. The average molecular weight is 267 g/mol. The van der Waals surface area contributed by atoms with Crippen LogP contribution in [0.4, 0.5) is 0 Å². The molecule has 0 fully saturated rings. The van der Waals surface area contributed by atoms with Crippen molar-refractivity contribution >= 4 is 11.8 Å². The van der Waals surface area contributed by atoms with Gasteiger partial charge in [-0.2, -0.15) is 11.8 Å². The van der Waals surface area contributed by atoms with Crippen LogP contribution < -0.4 is 10.1 Å². The fourth-order valence-electron chi connectivity index (χ4n) is 1.83.